The lowest BCUT2D eigenvalue weighted by atomic mass is 9.91. The number of aryl methyl sites for hydroxylation is 1. The largest absolute Gasteiger partial charge is 0.618 e. The molecule has 1 heterocycles. The first-order valence-electron chi connectivity index (χ1n) is 6.77. The molecule has 0 spiro atoms. The van der Waals surface area contributed by atoms with Gasteiger partial charge in [-0.15, -0.1) is 0 Å². The molecule has 0 aliphatic heterocycles. The van der Waals surface area contributed by atoms with Crippen molar-refractivity contribution in [1.82, 2.24) is 0 Å². The number of rotatable bonds is 2. The molecule has 1 unspecified atom stereocenters. The molecule has 0 aliphatic rings. The Balaban J connectivity index is 2.14. The van der Waals surface area contributed by atoms with Crippen molar-refractivity contribution in [3.63, 3.8) is 0 Å². The highest BCUT2D eigenvalue weighted by molar-refractivity contribution is 5.77. The van der Waals surface area contributed by atoms with E-state index >= 15 is 0 Å². The number of hydrogen-bond acceptors (Lipinski definition) is 2. The van der Waals surface area contributed by atoms with E-state index in [1.165, 1.54) is 0 Å². The van der Waals surface area contributed by atoms with Crippen LogP contribution in [0.3, 0.4) is 0 Å². The van der Waals surface area contributed by atoms with Crippen molar-refractivity contribution in [2.24, 2.45) is 0 Å². The molecule has 1 aromatic heterocycles. The van der Waals surface area contributed by atoms with Gasteiger partial charge in [0.25, 0.3) is 0 Å². The molecule has 0 N–H and O–H groups in total. The molecule has 3 aromatic rings. The number of pyridine rings is 1. The smallest absolute Gasteiger partial charge is 0.223 e. The molecule has 0 radical (unpaired) electrons. The molecular weight excluding hydrogens is 260 g/mol. The van der Waals surface area contributed by atoms with Gasteiger partial charge in [-0.1, -0.05) is 36.4 Å². The molecule has 3 nitrogen and oxygen atoms in total. The average Bonchev–Trinajstić information content (AvgIpc) is 2.48. The molecule has 2 aromatic carbocycles. The second-order valence-corrected chi connectivity index (χ2v) is 5.13. The van der Waals surface area contributed by atoms with Crippen molar-refractivity contribution >= 4 is 10.9 Å². The second-order valence-electron chi connectivity index (χ2n) is 5.13. The molecule has 0 fully saturated rings. The van der Waals surface area contributed by atoms with E-state index in [-0.39, 0.29) is 5.92 Å². The van der Waals surface area contributed by atoms with Gasteiger partial charge in [-0.3, -0.25) is 0 Å². The maximum atomic E-state index is 11.9. The third-order valence-electron chi connectivity index (χ3n) is 3.59. The molecular formula is C18H14N2O. The zero-order valence-electron chi connectivity index (χ0n) is 11.7. The molecule has 0 saturated carbocycles. The van der Waals surface area contributed by atoms with Crippen LogP contribution in [0.2, 0.25) is 0 Å². The summed E-state index contributed by atoms with van der Waals surface area (Å²) in [5.74, 6) is -0.323. The first-order chi connectivity index (χ1) is 10.2. The summed E-state index contributed by atoms with van der Waals surface area (Å²) in [6, 6.07) is 19.6. The first-order valence-corrected chi connectivity index (χ1v) is 6.77. The molecule has 0 saturated heterocycles. The van der Waals surface area contributed by atoms with E-state index in [9.17, 15) is 10.5 Å². The number of hydrogen-bond donors (Lipinski definition) is 0. The highest BCUT2D eigenvalue weighted by Gasteiger charge is 2.15. The Hall–Kier alpha value is -2.86. The first kappa shape index (κ1) is 13.1. The monoisotopic (exact) mass is 274 g/mol. The van der Waals surface area contributed by atoms with Gasteiger partial charge in [0.15, 0.2) is 6.20 Å². The average molecular weight is 274 g/mol. The van der Waals surface area contributed by atoms with Gasteiger partial charge in [-0.2, -0.15) is 9.99 Å². The summed E-state index contributed by atoms with van der Waals surface area (Å²) in [6.07, 6.45) is 1.56. The van der Waals surface area contributed by atoms with E-state index in [1.54, 1.807) is 12.3 Å². The Morgan fingerprint density at radius 2 is 1.81 bits per heavy atom. The maximum absolute atomic E-state index is 11.9. The van der Waals surface area contributed by atoms with Crippen LogP contribution in [0.5, 0.6) is 0 Å². The van der Waals surface area contributed by atoms with Crippen LogP contribution >= 0.6 is 0 Å². The number of fused-ring (bicyclic) bond motifs is 1. The Kier molecular flexibility index (Phi) is 3.29. The van der Waals surface area contributed by atoms with E-state index in [4.69, 9.17) is 0 Å². The van der Waals surface area contributed by atoms with Gasteiger partial charge in [-0.25, -0.2) is 0 Å². The fraction of sp³-hybridized carbons (Fsp3) is 0.111. The van der Waals surface area contributed by atoms with Crippen LogP contribution in [0.25, 0.3) is 10.9 Å². The van der Waals surface area contributed by atoms with Crippen molar-refractivity contribution < 1.29 is 4.73 Å². The lowest BCUT2D eigenvalue weighted by molar-refractivity contribution is -0.577. The lowest BCUT2D eigenvalue weighted by Crippen LogP contribution is -2.26. The lowest BCUT2D eigenvalue weighted by Gasteiger charge is -2.11. The normalized spacial score (nSPS) is 12.0. The third kappa shape index (κ3) is 2.44. The highest BCUT2D eigenvalue weighted by Crippen LogP contribution is 2.26. The summed E-state index contributed by atoms with van der Waals surface area (Å²) in [5, 5.41) is 22.2. The molecule has 0 aliphatic carbocycles. The topological polar surface area (TPSA) is 50.7 Å². The van der Waals surface area contributed by atoms with Crippen molar-refractivity contribution in [2.45, 2.75) is 12.8 Å². The van der Waals surface area contributed by atoms with Gasteiger partial charge in [0.05, 0.1) is 12.0 Å². The minimum atomic E-state index is -0.323. The molecule has 1 atom stereocenters. The summed E-state index contributed by atoms with van der Waals surface area (Å²) in [6.45, 7) is 1.89. The number of aromatic nitrogens is 1. The number of nitrogens with zero attached hydrogens (tertiary/aromatic N) is 2. The molecule has 0 amide bonds. The van der Waals surface area contributed by atoms with Crippen molar-refractivity contribution in [1.29, 1.82) is 5.26 Å². The van der Waals surface area contributed by atoms with Gasteiger partial charge >= 0.3 is 0 Å². The van der Waals surface area contributed by atoms with Gasteiger partial charge in [0.1, 0.15) is 0 Å². The summed E-state index contributed by atoms with van der Waals surface area (Å²) in [4.78, 5) is 0. The van der Waals surface area contributed by atoms with Gasteiger partial charge in [-0.05, 0) is 30.2 Å². The Labute approximate surface area is 123 Å². The fourth-order valence-electron chi connectivity index (χ4n) is 2.59. The summed E-state index contributed by atoms with van der Waals surface area (Å²) in [7, 11) is 0. The van der Waals surface area contributed by atoms with E-state index in [1.807, 2.05) is 55.5 Å². The van der Waals surface area contributed by atoms with Crippen molar-refractivity contribution in [3.05, 3.63) is 82.7 Å². The van der Waals surface area contributed by atoms with Gasteiger partial charge < -0.3 is 5.21 Å². The molecule has 3 heteroatoms. The Morgan fingerprint density at radius 3 is 2.52 bits per heavy atom. The summed E-state index contributed by atoms with van der Waals surface area (Å²) < 4.78 is 0.873. The minimum absolute atomic E-state index is 0.323. The van der Waals surface area contributed by atoms with Crippen LogP contribution in [0, 0.1) is 23.5 Å². The molecule has 0 bridgehead atoms. The SMILES string of the molecule is Cc1cc2cc(C(C#N)c3ccccc3)ccc2[n+]([O-])c1. The molecule has 102 valence electrons. The van der Waals surface area contributed by atoms with E-state index in [2.05, 4.69) is 6.07 Å². The van der Waals surface area contributed by atoms with Crippen molar-refractivity contribution in [2.75, 3.05) is 0 Å². The Bertz CT molecular complexity index is 835. The fourth-order valence-corrected chi connectivity index (χ4v) is 2.59. The van der Waals surface area contributed by atoms with Crippen molar-refractivity contribution in [3.8, 4) is 6.07 Å². The number of benzene rings is 2. The zero-order chi connectivity index (χ0) is 14.8. The van der Waals surface area contributed by atoms with E-state index in [0.29, 0.717) is 5.52 Å². The van der Waals surface area contributed by atoms with Crippen LogP contribution in [0.4, 0.5) is 0 Å². The zero-order valence-corrected chi connectivity index (χ0v) is 11.7. The van der Waals surface area contributed by atoms with E-state index in [0.717, 1.165) is 26.8 Å². The summed E-state index contributed by atoms with van der Waals surface area (Å²) >= 11 is 0. The Morgan fingerprint density at radius 1 is 1.05 bits per heavy atom. The maximum Gasteiger partial charge on any atom is 0.223 e. The molecule has 21 heavy (non-hydrogen) atoms. The quantitative estimate of drug-likeness (QED) is 0.531. The number of nitriles is 1. The van der Waals surface area contributed by atoms with Gasteiger partial charge in [0.2, 0.25) is 5.52 Å². The second kappa shape index (κ2) is 5.26. The molecule has 3 rings (SSSR count). The summed E-state index contributed by atoms with van der Waals surface area (Å²) in [5.41, 5.74) is 3.39. The predicted molar refractivity (Wildman–Crippen MR) is 81.5 cm³/mol. The highest BCUT2D eigenvalue weighted by atomic mass is 16.5. The predicted octanol–water partition coefficient (Wildman–Crippen LogP) is 3.44. The van der Waals surface area contributed by atoms with Crippen LogP contribution in [-0.2, 0) is 0 Å². The van der Waals surface area contributed by atoms with Crippen LogP contribution in [0.1, 0.15) is 22.6 Å². The van der Waals surface area contributed by atoms with E-state index < -0.39 is 0 Å². The minimum Gasteiger partial charge on any atom is -0.618 e. The third-order valence-corrected chi connectivity index (χ3v) is 3.59. The van der Waals surface area contributed by atoms with Gasteiger partial charge in [0, 0.05) is 17.0 Å². The van der Waals surface area contributed by atoms with Crippen LogP contribution in [-0.4, -0.2) is 0 Å². The van der Waals surface area contributed by atoms with Crippen LogP contribution < -0.4 is 4.73 Å². The van der Waals surface area contributed by atoms with Crippen LogP contribution in [0.15, 0.2) is 60.8 Å². The standard InChI is InChI=1S/C18H14N2O/c1-13-9-16-10-15(7-8-18(16)20(21)12-13)17(11-19)14-5-3-2-4-6-14/h2-10,12,17H,1H3.